The van der Waals surface area contributed by atoms with Gasteiger partial charge >= 0.3 is 0 Å². The van der Waals surface area contributed by atoms with Crippen LogP contribution in [0.5, 0.6) is 5.75 Å². The number of anilines is 2. The van der Waals surface area contributed by atoms with Crippen LogP contribution in [0, 0.1) is 11.3 Å². The maximum Gasteiger partial charge on any atom is 0.142 e. The van der Waals surface area contributed by atoms with Gasteiger partial charge in [0.1, 0.15) is 23.2 Å². The molecular weight excluding hydrogens is 328 g/mol. The second-order valence-corrected chi connectivity index (χ2v) is 6.81. The normalized spacial score (nSPS) is 15.7. The Morgan fingerprint density at radius 1 is 1.31 bits per heavy atom. The van der Waals surface area contributed by atoms with Gasteiger partial charge in [-0.15, -0.1) is 0 Å². The van der Waals surface area contributed by atoms with Crippen molar-refractivity contribution in [3.05, 3.63) is 35.0 Å². The van der Waals surface area contributed by atoms with Gasteiger partial charge in [-0.2, -0.15) is 5.26 Å². The van der Waals surface area contributed by atoms with Crippen molar-refractivity contribution in [3.63, 3.8) is 0 Å². The summed E-state index contributed by atoms with van der Waals surface area (Å²) in [7, 11) is 3.30. The van der Waals surface area contributed by atoms with Gasteiger partial charge in [-0.3, -0.25) is 0 Å². The summed E-state index contributed by atoms with van der Waals surface area (Å²) in [5.74, 6) is 1.52. The third-order valence-electron chi connectivity index (χ3n) is 5.41. The molecule has 3 aliphatic heterocycles. The van der Waals surface area contributed by atoms with Gasteiger partial charge in [0.15, 0.2) is 0 Å². The van der Waals surface area contributed by atoms with Crippen molar-refractivity contribution in [2.75, 3.05) is 37.9 Å². The number of pyridine rings is 1. The van der Waals surface area contributed by atoms with Crippen LogP contribution >= 0.6 is 0 Å². The molecule has 5 rings (SSSR count). The lowest BCUT2D eigenvalue weighted by Gasteiger charge is -2.42. The Labute approximate surface area is 153 Å². The summed E-state index contributed by atoms with van der Waals surface area (Å²) in [4.78, 5) is 6.96. The van der Waals surface area contributed by atoms with Crippen LogP contribution in [0.4, 0.5) is 11.5 Å². The molecule has 2 N–H and O–H groups in total. The first kappa shape index (κ1) is 16.7. The van der Waals surface area contributed by atoms with E-state index in [1.807, 2.05) is 18.2 Å². The molecule has 0 atom stereocenters. The van der Waals surface area contributed by atoms with E-state index in [1.54, 1.807) is 14.2 Å². The van der Waals surface area contributed by atoms with Crippen LogP contribution in [-0.4, -0.2) is 32.3 Å². The highest BCUT2D eigenvalue weighted by Gasteiger charge is 2.36. The molecule has 3 aliphatic rings. The van der Waals surface area contributed by atoms with Crippen LogP contribution in [0.25, 0.3) is 11.1 Å². The first-order valence-corrected chi connectivity index (χ1v) is 8.82. The minimum absolute atomic E-state index is 0.319. The van der Waals surface area contributed by atoms with Crippen molar-refractivity contribution in [3.8, 4) is 22.9 Å². The van der Waals surface area contributed by atoms with Crippen molar-refractivity contribution in [2.24, 2.45) is 0 Å². The molecule has 6 nitrogen and oxygen atoms in total. The highest BCUT2D eigenvalue weighted by molar-refractivity contribution is 5.89. The van der Waals surface area contributed by atoms with Crippen molar-refractivity contribution < 1.29 is 9.47 Å². The van der Waals surface area contributed by atoms with E-state index in [0.717, 1.165) is 59.8 Å². The van der Waals surface area contributed by atoms with Gasteiger partial charge in [0.25, 0.3) is 0 Å². The Hall–Kier alpha value is -2.78. The number of nitrogens with zero attached hydrogens (tertiary/aromatic N) is 3. The number of ether oxygens (including phenoxy) is 2. The number of methoxy groups -OCH3 is 2. The zero-order chi connectivity index (χ0) is 18.3. The minimum atomic E-state index is 0.319. The van der Waals surface area contributed by atoms with Crippen LogP contribution in [0.1, 0.15) is 35.6 Å². The quantitative estimate of drug-likeness (QED) is 0.912. The summed E-state index contributed by atoms with van der Waals surface area (Å²) in [6, 6.07) is 8.21. The lowest BCUT2D eigenvalue weighted by Crippen LogP contribution is -2.40. The molecule has 2 aromatic rings. The molecular formula is C20H22N4O2. The maximum atomic E-state index is 9.77. The van der Waals surface area contributed by atoms with Crippen LogP contribution in [0.2, 0.25) is 0 Å². The van der Waals surface area contributed by atoms with E-state index >= 15 is 0 Å². The summed E-state index contributed by atoms with van der Waals surface area (Å²) < 4.78 is 10.7. The molecule has 0 spiro atoms. The summed E-state index contributed by atoms with van der Waals surface area (Å²) in [6.45, 7) is 2.44. The van der Waals surface area contributed by atoms with Crippen LogP contribution in [-0.2, 0) is 11.3 Å². The standard InChI is InChI=1S/C20H22N4O2/c1-25-11-14-9-13(3-4-16(14)26-2)17-15(10-21)20(22)23-18-12-5-7-24(8-6-12)19(17)18/h3-4,9,12H,5-8,11H2,1-2H3,(H2,22,23). The van der Waals surface area contributed by atoms with Gasteiger partial charge in [-0.1, -0.05) is 6.07 Å². The van der Waals surface area contributed by atoms with Crippen LogP contribution in [0.15, 0.2) is 18.2 Å². The molecule has 2 bridgehead atoms. The Morgan fingerprint density at radius 2 is 2.08 bits per heavy atom. The van der Waals surface area contributed by atoms with Gasteiger partial charge in [-0.05, 0) is 30.5 Å². The Balaban J connectivity index is 1.97. The van der Waals surface area contributed by atoms with Crippen LogP contribution < -0.4 is 15.4 Å². The predicted octanol–water partition coefficient (Wildman–Crippen LogP) is 3.05. The first-order valence-electron chi connectivity index (χ1n) is 8.82. The van der Waals surface area contributed by atoms with Gasteiger partial charge in [-0.25, -0.2) is 4.98 Å². The van der Waals surface area contributed by atoms with E-state index in [1.165, 1.54) is 0 Å². The second kappa shape index (κ2) is 6.50. The lowest BCUT2D eigenvalue weighted by atomic mass is 9.82. The molecule has 0 unspecified atom stereocenters. The monoisotopic (exact) mass is 350 g/mol. The number of hydrogen-bond donors (Lipinski definition) is 1. The van der Waals surface area contributed by atoms with Gasteiger partial charge in [0.2, 0.25) is 0 Å². The van der Waals surface area contributed by atoms with E-state index in [9.17, 15) is 5.26 Å². The molecule has 0 aliphatic carbocycles. The Bertz CT molecular complexity index is 896. The van der Waals surface area contributed by atoms with E-state index < -0.39 is 0 Å². The summed E-state index contributed by atoms with van der Waals surface area (Å²) in [5.41, 5.74) is 11.5. The Kier molecular flexibility index (Phi) is 4.17. The summed E-state index contributed by atoms with van der Waals surface area (Å²) in [5, 5.41) is 9.77. The number of aromatic nitrogens is 1. The number of nitrogens with two attached hydrogens (primary N) is 1. The molecule has 0 amide bonds. The fraction of sp³-hybridized carbons (Fsp3) is 0.400. The largest absolute Gasteiger partial charge is 0.496 e. The minimum Gasteiger partial charge on any atom is -0.496 e. The maximum absolute atomic E-state index is 9.77. The fourth-order valence-corrected chi connectivity index (χ4v) is 4.19. The molecule has 1 aromatic carbocycles. The number of fused-ring (bicyclic) bond motifs is 2. The zero-order valence-corrected chi connectivity index (χ0v) is 15.1. The van der Waals surface area contributed by atoms with E-state index in [4.69, 9.17) is 15.2 Å². The molecule has 1 saturated heterocycles. The van der Waals surface area contributed by atoms with Crippen molar-refractivity contribution in [1.29, 1.82) is 5.26 Å². The average Bonchev–Trinajstić information content (AvgIpc) is 2.68. The summed E-state index contributed by atoms with van der Waals surface area (Å²) in [6.07, 6.45) is 2.20. The number of nitriles is 1. The third-order valence-corrected chi connectivity index (χ3v) is 5.41. The molecule has 6 heteroatoms. The van der Waals surface area contributed by atoms with Crippen molar-refractivity contribution in [1.82, 2.24) is 4.98 Å². The van der Waals surface area contributed by atoms with E-state index in [2.05, 4.69) is 16.0 Å². The number of piperidine rings is 1. The number of hydrogen-bond acceptors (Lipinski definition) is 6. The predicted molar refractivity (Wildman–Crippen MR) is 100 cm³/mol. The third kappa shape index (κ3) is 2.47. The van der Waals surface area contributed by atoms with Crippen molar-refractivity contribution >= 4 is 11.5 Å². The molecule has 26 heavy (non-hydrogen) atoms. The number of rotatable bonds is 4. The van der Waals surface area contributed by atoms with Crippen LogP contribution in [0.3, 0.4) is 0 Å². The molecule has 1 fully saturated rings. The number of nitrogen functional groups attached to an aromatic ring is 1. The highest BCUT2D eigenvalue weighted by Crippen LogP contribution is 2.48. The van der Waals surface area contributed by atoms with Gasteiger partial charge in [0, 0.05) is 37.2 Å². The SMILES string of the molecule is COCc1cc(-c2c(C#N)c(N)nc3c2N2CCC3CC2)ccc1OC. The fourth-order valence-electron chi connectivity index (χ4n) is 4.19. The number of benzene rings is 1. The summed E-state index contributed by atoms with van der Waals surface area (Å²) >= 11 is 0. The zero-order valence-electron chi connectivity index (χ0n) is 15.1. The van der Waals surface area contributed by atoms with E-state index in [-0.39, 0.29) is 0 Å². The second-order valence-electron chi connectivity index (χ2n) is 6.81. The van der Waals surface area contributed by atoms with Gasteiger partial charge in [0.05, 0.1) is 25.1 Å². The van der Waals surface area contributed by atoms with Gasteiger partial charge < -0.3 is 20.1 Å². The molecule has 134 valence electrons. The highest BCUT2D eigenvalue weighted by atomic mass is 16.5. The Morgan fingerprint density at radius 3 is 2.73 bits per heavy atom. The average molecular weight is 350 g/mol. The molecule has 4 heterocycles. The topological polar surface area (TPSA) is 84.4 Å². The molecule has 0 saturated carbocycles. The van der Waals surface area contributed by atoms with E-state index in [0.29, 0.717) is 23.9 Å². The smallest absolute Gasteiger partial charge is 0.142 e. The first-order chi connectivity index (χ1) is 12.7. The lowest BCUT2D eigenvalue weighted by molar-refractivity contribution is 0.181. The molecule has 0 radical (unpaired) electrons. The van der Waals surface area contributed by atoms with Crippen molar-refractivity contribution in [2.45, 2.75) is 25.4 Å². The molecule has 1 aromatic heterocycles.